The lowest BCUT2D eigenvalue weighted by Gasteiger charge is -2.30. The minimum atomic E-state index is -0.262. The normalized spacial score (nSPS) is 12.7. The maximum absolute atomic E-state index is 11.3. The van der Waals surface area contributed by atoms with Crippen LogP contribution in [-0.2, 0) is 43.3 Å². The lowest BCUT2D eigenvalue weighted by molar-refractivity contribution is 0.567. The van der Waals surface area contributed by atoms with Gasteiger partial charge in [-0.2, -0.15) is 21.0 Å². The molecule has 0 N–H and O–H groups in total. The van der Waals surface area contributed by atoms with Gasteiger partial charge in [0.1, 0.15) is 35.4 Å². The molecular weight excluding hydrogens is 1030 g/mol. The van der Waals surface area contributed by atoms with Gasteiger partial charge in [-0.05, 0) is 142 Å². The van der Waals surface area contributed by atoms with Crippen molar-refractivity contribution >= 4 is 43.0 Å². The highest BCUT2D eigenvalue weighted by Crippen LogP contribution is 2.49. The minimum Gasteiger partial charge on any atom is -0.192 e. The van der Waals surface area contributed by atoms with Crippen molar-refractivity contribution in [3.63, 3.8) is 0 Å². The molecule has 0 bridgehead atoms. The molecule has 0 aliphatic heterocycles. The standard InChI is InChI=1S/C68H84Br2N4/c1-61(2,3)47-25-41(26-48(33-47)62(4,5)6)55(42-27-49(63(7,8)9)34-50(28-42)64(10,11)12)59(69)57(45(37-71)38-72)58(46(39-73)40-74)60(70)56(43-29-51(65(13,14)15)35-52(30-43)66(16,17)18)44-31-53(67(19,20)21)36-54(32-44)68(22,23)24/h25-36H,1-24H3. The first-order valence-electron chi connectivity index (χ1n) is 26.0. The number of nitrogens with zero attached hydrogens (tertiary/aromatic N) is 4. The molecule has 0 fully saturated rings. The molecular formula is C68H84Br2N4. The maximum atomic E-state index is 11.3. The first-order valence-corrected chi connectivity index (χ1v) is 27.5. The van der Waals surface area contributed by atoms with Crippen LogP contribution < -0.4 is 0 Å². The molecule has 74 heavy (non-hydrogen) atoms. The third kappa shape index (κ3) is 14.2. The third-order valence-corrected chi connectivity index (χ3v) is 15.5. The number of halogens is 2. The van der Waals surface area contributed by atoms with E-state index in [4.69, 9.17) is 0 Å². The van der Waals surface area contributed by atoms with E-state index in [1.54, 1.807) is 0 Å². The van der Waals surface area contributed by atoms with Gasteiger partial charge in [-0.3, -0.25) is 0 Å². The molecule has 0 aliphatic rings. The van der Waals surface area contributed by atoms with E-state index in [0.29, 0.717) is 8.96 Å². The molecule has 6 heteroatoms. The summed E-state index contributed by atoms with van der Waals surface area (Å²) in [6.45, 7) is 53.0. The molecule has 0 unspecified atom stereocenters. The predicted octanol–water partition coefficient (Wildman–Crippen LogP) is 19.8. The molecule has 0 aromatic heterocycles. The van der Waals surface area contributed by atoms with Crippen molar-refractivity contribution in [1.82, 2.24) is 0 Å². The van der Waals surface area contributed by atoms with Gasteiger partial charge < -0.3 is 0 Å². The average molecular weight is 1120 g/mol. The summed E-state index contributed by atoms with van der Waals surface area (Å²) in [6, 6.07) is 35.9. The maximum Gasteiger partial charge on any atom is 0.138 e. The zero-order valence-corrected chi connectivity index (χ0v) is 52.6. The summed E-state index contributed by atoms with van der Waals surface area (Å²) in [5.74, 6) is 0. The van der Waals surface area contributed by atoms with Gasteiger partial charge in [0.05, 0.1) is 0 Å². The largest absolute Gasteiger partial charge is 0.192 e. The fourth-order valence-electron chi connectivity index (χ4n) is 8.60. The molecule has 0 amide bonds. The van der Waals surface area contributed by atoms with Crippen molar-refractivity contribution in [3.8, 4) is 24.3 Å². The Labute approximate surface area is 465 Å². The average Bonchev–Trinajstić information content (AvgIpc) is 3.25. The highest BCUT2D eigenvalue weighted by Gasteiger charge is 2.33. The van der Waals surface area contributed by atoms with Crippen LogP contribution >= 0.6 is 31.9 Å². The van der Waals surface area contributed by atoms with Crippen LogP contribution in [0.3, 0.4) is 0 Å². The minimum absolute atomic E-state index is 0.135. The Bertz CT molecular complexity index is 2620. The van der Waals surface area contributed by atoms with Crippen molar-refractivity contribution in [2.45, 2.75) is 209 Å². The van der Waals surface area contributed by atoms with Crippen LogP contribution in [0.4, 0.5) is 0 Å². The fourth-order valence-corrected chi connectivity index (χ4v) is 10.3. The Morgan fingerprint density at radius 3 is 0.514 bits per heavy atom. The van der Waals surface area contributed by atoms with Gasteiger partial charge in [0.2, 0.25) is 0 Å². The molecule has 0 saturated carbocycles. The fraction of sp³-hybridized carbons (Fsp3) is 0.471. The molecule has 0 aliphatic carbocycles. The van der Waals surface area contributed by atoms with Crippen LogP contribution in [0.15, 0.2) is 104 Å². The summed E-state index contributed by atoms with van der Waals surface area (Å²) in [5, 5.41) is 45.2. The summed E-state index contributed by atoms with van der Waals surface area (Å²) < 4.78 is 0.804. The number of allylic oxidation sites excluding steroid dienone is 6. The zero-order valence-electron chi connectivity index (χ0n) is 49.5. The summed E-state index contributed by atoms with van der Waals surface area (Å²) in [7, 11) is 0. The molecule has 0 spiro atoms. The number of hydrogen-bond donors (Lipinski definition) is 0. The van der Waals surface area contributed by atoms with Gasteiger partial charge in [-0.15, -0.1) is 0 Å². The molecule has 0 radical (unpaired) electrons. The van der Waals surface area contributed by atoms with E-state index in [0.717, 1.165) is 77.9 Å². The highest BCUT2D eigenvalue weighted by atomic mass is 79.9. The van der Waals surface area contributed by atoms with Crippen LogP contribution in [0.2, 0.25) is 0 Å². The molecule has 390 valence electrons. The second-order valence-electron chi connectivity index (χ2n) is 28.5. The second-order valence-corrected chi connectivity index (χ2v) is 30.1. The SMILES string of the molecule is CC(C)(C)c1cc(C(=C(Br)C(=C(C#N)C#N)C(=C(C#N)C#N)C(Br)=C(c2cc(C(C)(C)C)cc(C(C)(C)C)c2)c2cc(C(C)(C)C)cc(C(C)(C)C)c2)c2cc(C(C)(C)C)cc(C(C)(C)C)c2)cc(C(C)(C)C)c1. The van der Waals surface area contributed by atoms with E-state index in [1.807, 2.05) is 0 Å². The van der Waals surface area contributed by atoms with Crippen molar-refractivity contribution in [3.05, 3.63) is 171 Å². The monoisotopic (exact) mass is 1110 g/mol. The van der Waals surface area contributed by atoms with E-state index < -0.39 is 0 Å². The molecule has 0 heterocycles. The predicted molar refractivity (Wildman–Crippen MR) is 322 cm³/mol. The number of hydrogen-bond acceptors (Lipinski definition) is 4. The molecule has 4 nitrogen and oxygen atoms in total. The van der Waals surface area contributed by atoms with Crippen LogP contribution in [0.1, 0.15) is 233 Å². The van der Waals surface area contributed by atoms with Crippen molar-refractivity contribution in [1.29, 1.82) is 21.0 Å². The lowest BCUT2D eigenvalue weighted by atomic mass is 9.75. The van der Waals surface area contributed by atoms with Crippen LogP contribution in [0.5, 0.6) is 0 Å². The molecule has 4 aromatic carbocycles. The number of benzene rings is 4. The van der Waals surface area contributed by atoms with Crippen LogP contribution in [-0.4, -0.2) is 0 Å². The summed E-state index contributed by atoms with van der Waals surface area (Å²) >= 11 is 8.40. The lowest BCUT2D eigenvalue weighted by Crippen LogP contribution is -2.19. The van der Waals surface area contributed by atoms with Gasteiger partial charge in [-0.25, -0.2) is 0 Å². The molecule has 0 atom stereocenters. The summed E-state index contributed by atoms with van der Waals surface area (Å²) in [4.78, 5) is 0. The van der Waals surface area contributed by atoms with E-state index in [-0.39, 0.29) is 65.6 Å². The van der Waals surface area contributed by atoms with Crippen LogP contribution in [0, 0.1) is 45.3 Å². The van der Waals surface area contributed by atoms with Gasteiger partial charge in [0.25, 0.3) is 0 Å². The third-order valence-electron chi connectivity index (χ3n) is 13.9. The van der Waals surface area contributed by atoms with Gasteiger partial charge in [0, 0.05) is 31.3 Å². The first-order chi connectivity index (χ1) is 33.4. The summed E-state index contributed by atoms with van der Waals surface area (Å²) in [5.41, 5.74) is 11.5. The van der Waals surface area contributed by atoms with E-state index >= 15 is 0 Å². The smallest absolute Gasteiger partial charge is 0.138 e. The Balaban J connectivity index is 2.61. The van der Waals surface area contributed by atoms with E-state index in [1.165, 1.54) is 0 Å². The zero-order chi connectivity index (χ0) is 56.9. The number of nitriles is 4. The van der Waals surface area contributed by atoms with Crippen LogP contribution in [0.25, 0.3) is 11.1 Å². The Morgan fingerprint density at radius 2 is 0.405 bits per heavy atom. The number of rotatable bonds is 7. The van der Waals surface area contributed by atoms with Gasteiger partial charge >= 0.3 is 0 Å². The van der Waals surface area contributed by atoms with E-state index in [9.17, 15) is 21.0 Å². The Morgan fingerprint density at radius 1 is 0.270 bits per heavy atom. The van der Waals surface area contributed by atoms with E-state index in [2.05, 4.69) is 295 Å². The topological polar surface area (TPSA) is 95.2 Å². The Hall–Kier alpha value is -5.24. The second kappa shape index (κ2) is 21.4. The quantitative estimate of drug-likeness (QED) is 0.136. The van der Waals surface area contributed by atoms with Gasteiger partial charge in [-0.1, -0.05) is 239 Å². The molecule has 4 rings (SSSR count). The highest BCUT2D eigenvalue weighted by molar-refractivity contribution is 9.12. The van der Waals surface area contributed by atoms with Gasteiger partial charge in [0.15, 0.2) is 0 Å². The van der Waals surface area contributed by atoms with Crippen molar-refractivity contribution in [2.75, 3.05) is 0 Å². The van der Waals surface area contributed by atoms with Crippen molar-refractivity contribution < 1.29 is 0 Å². The first kappa shape index (κ1) is 61.3. The van der Waals surface area contributed by atoms with Crippen molar-refractivity contribution in [2.24, 2.45) is 0 Å². The summed E-state index contributed by atoms with van der Waals surface area (Å²) in [6.07, 6.45) is 0. The molecule has 0 saturated heterocycles. The molecule has 4 aromatic rings. The Kier molecular flexibility index (Phi) is 17.7.